The standard InChI is InChI=1S/C22H22N4O5S/c1-13(32(23,27)28)11-15-9-10-17(18(12-15)29-3)21-24-25-22(30-21)19-14(2)31-26-20(19)16-7-5-4-6-8-16/h4-10,12-13H,11H2,1-3H3,(H2,23,27,28). The van der Waals surface area contributed by atoms with Gasteiger partial charge in [0.1, 0.15) is 22.8 Å². The zero-order chi connectivity index (χ0) is 22.9. The van der Waals surface area contributed by atoms with Crippen molar-refractivity contribution < 1.29 is 22.1 Å². The number of ether oxygens (including phenoxy) is 1. The molecule has 32 heavy (non-hydrogen) atoms. The van der Waals surface area contributed by atoms with Crippen LogP contribution >= 0.6 is 0 Å². The van der Waals surface area contributed by atoms with E-state index < -0.39 is 15.3 Å². The lowest BCUT2D eigenvalue weighted by Crippen LogP contribution is -2.27. The highest BCUT2D eigenvalue weighted by Gasteiger charge is 2.24. The van der Waals surface area contributed by atoms with Crippen LogP contribution in [0.3, 0.4) is 0 Å². The minimum Gasteiger partial charge on any atom is -0.496 e. The summed E-state index contributed by atoms with van der Waals surface area (Å²) in [5.74, 6) is 1.55. The predicted octanol–water partition coefficient (Wildman–Crippen LogP) is 3.60. The molecule has 2 heterocycles. The highest BCUT2D eigenvalue weighted by atomic mass is 32.2. The summed E-state index contributed by atoms with van der Waals surface area (Å²) in [6.45, 7) is 3.34. The molecule has 0 aliphatic carbocycles. The fourth-order valence-electron chi connectivity index (χ4n) is 3.34. The molecule has 0 saturated heterocycles. The maximum absolute atomic E-state index is 11.6. The molecule has 1 unspecified atom stereocenters. The Morgan fingerprint density at radius 2 is 1.81 bits per heavy atom. The van der Waals surface area contributed by atoms with Gasteiger partial charge in [-0.3, -0.25) is 0 Å². The first-order valence-electron chi connectivity index (χ1n) is 9.82. The van der Waals surface area contributed by atoms with Gasteiger partial charge in [-0.1, -0.05) is 41.6 Å². The van der Waals surface area contributed by atoms with Crippen molar-refractivity contribution in [2.24, 2.45) is 5.14 Å². The number of aromatic nitrogens is 3. The molecule has 4 rings (SSSR count). The summed E-state index contributed by atoms with van der Waals surface area (Å²) in [5.41, 5.74) is 3.43. The van der Waals surface area contributed by atoms with E-state index in [0.717, 1.165) is 11.1 Å². The van der Waals surface area contributed by atoms with Crippen LogP contribution in [0.25, 0.3) is 34.2 Å². The predicted molar refractivity (Wildman–Crippen MR) is 118 cm³/mol. The van der Waals surface area contributed by atoms with Crippen LogP contribution in [0.5, 0.6) is 5.75 Å². The number of rotatable bonds is 7. The lowest BCUT2D eigenvalue weighted by Gasteiger charge is -2.11. The van der Waals surface area contributed by atoms with Crippen molar-refractivity contribution in [3.05, 3.63) is 59.9 Å². The second-order valence-electron chi connectivity index (χ2n) is 7.38. The summed E-state index contributed by atoms with van der Waals surface area (Å²) < 4.78 is 39.9. The lowest BCUT2D eigenvalue weighted by molar-refractivity contribution is 0.399. The van der Waals surface area contributed by atoms with E-state index in [4.69, 9.17) is 18.8 Å². The van der Waals surface area contributed by atoms with E-state index in [1.807, 2.05) is 30.3 Å². The number of nitrogens with two attached hydrogens (primary N) is 1. The highest BCUT2D eigenvalue weighted by molar-refractivity contribution is 7.89. The van der Waals surface area contributed by atoms with E-state index in [9.17, 15) is 8.42 Å². The van der Waals surface area contributed by atoms with E-state index in [0.29, 0.717) is 28.3 Å². The molecule has 9 nitrogen and oxygen atoms in total. The third-order valence-corrected chi connectivity index (χ3v) is 6.42. The molecule has 0 fully saturated rings. The zero-order valence-electron chi connectivity index (χ0n) is 17.8. The van der Waals surface area contributed by atoms with Crippen LogP contribution in [-0.4, -0.2) is 36.1 Å². The maximum atomic E-state index is 11.6. The van der Waals surface area contributed by atoms with Gasteiger partial charge in [0.25, 0.3) is 11.8 Å². The first-order valence-corrected chi connectivity index (χ1v) is 11.4. The normalized spacial score (nSPS) is 12.6. The molecule has 10 heteroatoms. The topological polar surface area (TPSA) is 134 Å². The van der Waals surface area contributed by atoms with Gasteiger partial charge < -0.3 is 13.7 Å². The number of sulfonamides is 1. The quantitative estimate of drug-likeness (QED) is 0.448. The van der Waals surface area contributed by atoms with Crippen molar-refractivity contribution >= 4 is 10.0 Å². The fourth-order valence-corrected chi connectivity index (χ4v) is 3.76. The van der Waals surface area contributed by atoms with Gasteiger partial charge in [0.15, 0.2) is 0 Å². The van der Waals surface area contributed by atoms with Crippen LogP contribution < -0.4 is 9.88 Å². The molecule has 2 N–H and O–H groups in total. The van der Waals surface area contributed by atoms with Gasteiger partial charge in [0.2, 0.25) is 10.0 Å². The molecule has 166 valence electrons. The van der Waals surface area contributed by atoms with Gasteiger partial charge >= 0.3 is 0 Å². The molecule has 0 radical (unpaired) electrons. The van der Waals surface area contributed by atoms with Crippen LogP contribution in [0.1, 0.15) is 18.2 Å². The minimum atomic E-state index is -3.63. The van der Waals surface area contributed by atoms with Gasteiger partial charge in [-0.25, -0.2) is 13.6 Å². The number of aryl methyl sites for hydroxylation is 1. The Labute approximate surface area is 185 Å². The van der Waals surface area contributed by atoms with Crippen molar-refractivity contribution in [2.45, 2.75) is 25.5 Å². The van der Waals surface area contributed by atoms with Gasteiger partial charge in [-0.05, 0) is 38.0 Å². The Bertz CT molecular complexity index is 1350. The van der Waals surface area contributed by atoms with E-state index in [1.54, 1.807) is 32.0 Å². The molecule has 0 saturated carbocycles. The molecule has 0 bridgehead atoms. The molecule has 2 aromatic carbocycles. The van der Waals surface area contributed by atoms with Crippen molar-refractivity contribution in [2.75, 3.05) is 7.11 Å². The van der Waals surface area contributed by atoms with E-state index >= 15 is 0 Å². The molecular weight excluding hydrogens is 432 g/mol. The average molecular weight is 455 g/mol. The molecule has 4 aromatic rings. The molecule has 0 spiro atoms. The molecule has 1 atom stereocenters. The van der Waals surface area contributed by atoms with Gasteiger partial charge in [0, 0.05) is 5.56 Å². The van der Waals surface area contributed by atoms with Crippen LogP contribution in [-0.2, 0) is 16.4 Å². The minimum absolute atomic E-state index is 0.252. The second-order valence-corrected chi connectivity index (χ2v) is 9.36. The van der Waals surface area contributed by atoms with Gasteiger partial charge in [-0.2, -0.15) is 0 Å². The van der Waals surface area contributed by atoms with Crippen molar-refractivity contribution in [3.63, 3.8) is 0 Å². The second kappa shape index (κ2) is 8.56. The van der Waals surface area contributed by atoms with E-state index in [1.165, 1.54) is 7.11 Å². The summed E-state index contributed by atoms with van der Waals surface area (Å²) in [6, 6.07) is 14.8. The average Bonchev–Trinajstić information content (AvgIpc) is 3.40. The Balaban J connectivity index is 1.69. The van der Waals surface area contributed by atoms with Crippen LogP contribution in [0.15, 0.2) is 57.5 Å². The third kappa shape index (κ3) is 4.27. The van der Waals surface area contributed by atoms with Crippen LogP contribution in [0.4, 0.5) is 0 Å². The summed E-state index contributed by atoms with van der Waals surface area (Å²) in [6.07, 6.45) is 0.255. The molecule has 2 aromatic heterocycles. The largest absolute Gasteiger partial charge is 0.496 e. The summed E-state index contributed by atoms with van der Waals surface area (Å²) in [5, 5.41) is 17.0. The Morgan fingerprint density at radius 1 is 1.09 bits per heavy atom. The van der Waals surface area contributed by atoms with Crippen molar-refractivity contribution in [1.82, 2.24) is 15.4 Å². The van der Waals surface area contributed by atoms with Gasteiger partial charge in [0.05, 0.1) is 17.9 Å². The van der Waals surface area contributed by atoms with Crippen LogP contribution in [0, 0.1) is 6.92 Å². The highest BCUT2D eigenvalue weighted by Crippen LogP contribution is 2.36. The SMILES string of the molecule is COc1cc(CC(C)S(N)(=O)=O)ccc1-c1nnc(-c2c(-c3ccccc3)noc2C)o1. The maximum Gasteiger partial charge on any atom is 0.254 e. The van der Waals surface area contributed by atoms with Crippen LogP contribution in [0.2, 0.25) is 0 Å². The van der Waals surface area contributed by atoms with E-state index in [2.05, 4.69) is 15.4 Å². The first-order chi connectivity index (χ1) is 15.3. The summed E-state index contributed by atoms with van der Waals surface area (Å²) in [7, 11) is -2.12. The Hall–Kier alpha value is -3.50. The number of benzene rings is 2. The molecule has 0 amide bonds. The smallest absolute Gasteiger partial charge is 0.254 e. The number of hydrogen-bond donors (Lipinski definition) is 1. The number of primary sulfonamides is 1. The summed E-state index contributed by atoms with van der Waals surface area (Å²) in [4.78, 5) is 0. The number of hydrogen-bond acceptors (Lipinski definition) is 8. The number of methoxy groups -OCH3 is 1. The summed E-state index contributed by atoms with van der Waals surface area (Å²) >= 11 is 0. The zero-order valence-corrected chi connectivity index (χ0v) is 18.6. The van der Waals surface area contributed by atoms with Crippen molar-refractivity contribution in [3.8, 4) is 39.9 Å². The fraction of sp³-hybridized carbons (Fsp3) is 0.227. The monoisotopic (exact) mass is 454 g/mol. The van der Waals surface area contributed by atoms with E-state index in [-0.39, 0.29) is 18.2 Å². The third-order valence-electron chi connectivity index (χ3n) is 5.13. The lowest BCUT2D eigenvalue weighted by atomic mass is 10.1. The first kappa shape index (κ1) is 21.7. The Morgan fingerprint density at radius 3 is 2.50 bits per heavy atom. The number of nitrogens with zero attached hydrogens (tertiary/aromatic N) is 3. The Kier molecular flexibility index (Phi) is 5.81. The van der Waals surface area contributed by atoms with Gasteiger partial charge in [-0.15, -0.1) is 10.2 Å². The molecule has 0 aliphatic heterocycles. The molecule has 0 aliphatic rings. The van der Waals surface area contributed by atoms with Crippen molar-refractivity contribution in [1.29, 1.82) is 0 Å². The molecular formula is C22H22N4O5S.